The molecular formula is C19H17N5O3. The first-order valence-electron chi connectivity index (χ1n) is 8.48. The molecule has 0 atom stereocenters. The lowest BCUT2D eigenvalue weighted by Crippen LogP contribution is -2.21. The summed E-state index contributed by atoms with van der Waals surface area (Å²) in [5.74, 6) is 0.362. The lowest BCUT2D eigenvalue weighted by Gasteiger charge is -2.17. The second-order valence-electron chi connectivity index (χ2n) is 6.09. The second kappa shape index (κ2) is 7.28. The van der Waals surface area contributed by atoms with Crippen molar-refractivity contribution in [2.24, 2.45) is 0 Å². The van der Waals surface area contributed by atoms with E-state index in [9.17, 15) is 9.59 Å². The Hall–Kier alpha value is -3.68. The summed E-state index contributed by atoms with van der Waals surface area (Å²) in [6.07, 6.45) is 4.19. The highest BCUT2D eigenvalue weighted by atomic mass is 16.5. The zero-order valence-electron chi connectivity index (χ0n) is 14.4. The van der Waals surface area contributed by atoms with Gasteiger partial charge in [-0.2, -0.15) is 5.10 Å². The first-order chi connectivity index (χ1) is 13.2. The molecule has 0 unspecified atom stereocenters. The van der Waals surface area contributed by atoms with Crippen LogP contribution in [0, 0.1) is 0 Å². The molecule has 3 aromatic rings. The van der Waals surface area contributed by atoms with Crippen LogP contribution < -0.4 is 15.4 Å². The molecule has 8 nitrogen and oxygen atoms in total. The summed E-state index contributed by atoms with van der Waals surface area (Å²) >= 11 is 0. The highest BCUT2D eigenvalue weighted by Gasteiger charge is 2.15. The van der Waals surface area contributed by atoms with Crippen molar-refractivity contribution in [1.29, 1.82) is 0 Å². The minimum absolute atomic E-state index is 0.0189. The Kier molecular flexibility index (Phi) is 4.52. The summed E-state index contributed by atoms with van der Waals surface area (Å²) in [6.45, 7) is -0.101. The molecule has 136 valence electrons. The average Bonchev–Trinajstić information content (AvgIpc) is 3.22. The molecule has 2 heterocycles. The molecule has 2 amide bonds. The standard InChI is InChI=1S/C19H17N5O3/c25-18-8-1-13-9-16(6-7-17(13)23-18)27-10-19(26)22-14-2-4-15(5-3-14)24-12-20-11-21-24/h2-7,9,11-12H,1,8,10H2,(H,22,26)(H,23,25). The van der Waals surface area contributed by atoms with Gasteiger partial charge in [0.1, 0.15) is 18.4 Å². The maximum atomic E-state index is 12.1. The molecule has 27 heavy (non-hydrogen) atoms. The van der Waals surface area contributed by atoms with E-state index < -0.39 is 0 Å². The van der Waals surface area contributed by atoms with Crippen molar-refractivity contribution in [3.8, 4) is 11.4 Å². The van der Waals surface area contributed by atoms with E-state index in [-0.39, 0.29) is 18.4 Å². The zero-order valence-corrected chi connectivity index (χ0v) is 14.4. The molecule has 8 heteroatoms. The van der Waals surface area contributed by atoms with Gasteiger partial charge in [0.15, 0.2) is 6.61 Å². The van der Waals surface area contributed by atoms with Crippen LogP contribution in [0.4, 0.5) is 11.4 Å². The second-order valence-corrected chi connectivity index (χ2v) is 6.09. The number of ether oxygens (including phenoxy) is 1. The lowest BCUT2D eigenvalue weighted by molar-refractivity contribution is -0.118. The van der Waals surface area contributed by atoms with Crippen LogP contribution in [0.15, 0.2) is 55.1 Å². The molecule has 2 aromatic carbocycles. The first-order valence-corrected chi connectivity index (χ1v) is 8.48. The van der Waals surface area contributed by atoms with Gasteiger partial charge in [0.25, 0.3) is 5.91 Å². The number of aryl methyl sites for hydroxylation is 1. The molecule has 1 aliphatic rings. The van der Waals surface area contributed by atoms with Crippen LogP contribution >= 0.6 is 0 Å². The summed E-state index contributed by atoms with van der Waals surface area (Å²) in [5, 5.41) is 9.65. The third kappa shape index (κ3) is 3.95. The number of carbonyl (C=O) groups excluding carboxylic acids is 2. The third-order valence-electron chi connectivity index (χ3n) is 4.18. The predicted octanol–water partition coefficient (Wildman–Crippen LogP) is 2.17. The SMILES string of the molecule is O=C(COc1ccc2c(c1)CCC(=O)N2)Nc1ccc(-n2cncn2)cc1. The number of rotatable bonds is 5. The minimum atomic E-state index is -0.255. The van der Waals surface area contributed by atoms with Crippen molar-refractivity contribution in [3.63, 3.8) is 0 Å². The van der Waals surface area contributed by atoms with Crippen molar-refractivity contribution in [3.05, 3.63) is 60.7 Å². The largest absolute Gasteiger partial charge is 0.484 e. The number of nitrogens with one attached hydrogen (secondary N) is 2. The van der Waals surface area contributed by atoms with E-state index >= 15 is 0 Å². The summed E-state index contributed by atoms with van der Waals surface area (Å²) in [7, 11) is 0. The number of nitrogens with zero attached hydrogens (tertiary/aromatic N) is 3. The van der Waals surface area contributed by atoms with Gasteiger partial charge in [-0.25, -0.2) is 9.67 Å². The van der Waals surface area contributed by atoms with Crippen molar-refractivity contribution in [2.45, 2.75) is 12.8 Å². The molecule has 0 fully saturated rings. The summed E-state index contributed by atoms with van der Waals surface area (Å²) in [4.78, 5) is 27.4. The monoisotopic (exact) mass is 363 g/mol. The van der Waals surface area contributed by atoms with E-state index in [0.29, 0.717) is 24.3 Å². The number of hydrogen-bond donors (Lipinski definition) is 2. The Morgan fingerprint density at radius 2 is 2.04 bits per heavy atom. The van der Waals surface area contributed by atoms with Crippen LogP contribution in [0.1, 0.15) is 12.0 Å². The molecular weight excluding hydrogens is 346 g/mol. The van der Waals surface area contributed by atoms with Crippen LogP contribution in [0.2, 0.25) is 0 Å². The van der Waals surface area contributed by atoms with Crippen LogP contribution in [-0.2, 0) is 16.0 Å². The van der Waals surface area contributed by atoms with Gasteiger partial charge in [-0.3, -0.25) is 9.59 Å². The Morgan fingerprint density at radius 1 is 1.19 bits per heavy atom. The molecule has 0 aliphatic carbocycles. The summed E-state index contributed by atoms with van der Waals surface area (Å²) in [5.41, 5.74) is 3.33. The van der Waals surface area contributed by atoms with E-state index in [2.05, 4.69) is 20.7 Å². The Morgan fingerprint density at radius 3 is 2.81 bits per heavy atom. The molecule has 0 saturated heterocycles. The summed E-state index contributed by atoms with van der Waals surface area (Å²) < 4.78 is 7.20. The molecule has 0 radical (unpaired) electrons. The number of benzene rings is 2. The number of fused-ring (bicyclic) bond motifs is 1. The van der Waals surface area contributed by atoms with Crippen LogP contribution in [0.25, 0.3) is 5.69 Å². The highest BCUT2D eigenvalue weighted by molar-refractivity contribution is 5.94. The average molecular weight is 363 g/mol. The molecule has 0 spiro atoms. The normalized spacial score (nSPS) is 12.8. The van der Waals surface area contributed by atoms with Gasteiger partial charge in [-0.05, 0) is 54.4 Å². The van der Waals surface area contributed by atoms with Crippen molar-refractivity contribution in [1.82, 2.24) is 14.8 Å². The number of amides is 2. The van der Waals surface area contributed by atoms with Crippen molar-refractivity contribution >= 4 is 23.2 Å². The van der Waals surface area contributed by atoms with Crippen molar-refractivity contribution in [2.75, 3.05) is 17.2 Å². The fraction of sp³-hybridized carbons (Fsp3) is 0.158. The molecule has 2 N–H and O–H groups in total. The Balaban J connectivity index is 1.33. The Bertz CT molecular complexity index is 968. The van der Waals surface area contributed by atoms with Gasteiger partial charge >= 0.3 is 0 Å². The minimum Gasteiger partial charge on any atom is -0.484 e. The number of anilines is 2. The van der Waals surface area contributed by atoms with Crippen LogP contribution in [0.5, 0.6) is 5.75 Å². The first kappa shape index (κ1) is 16.8. The van der Waals surface area contributed by atoms with Crippen LogP contribution in [-0.4, -0.2) is 33.2 Å². The molecule has 4 rings (SSSR count). The fourth-order valence-electron chi connectivity index (χ4n) is 2.83. The van der Waals surface area contributed by atoms with E-state index in [1.54, 1.807) is 35.3 Å². The van der Waals surface area contributed by atoms with E-state index in [4.69, 9.17) is 4.74 Å². The predicted molar refractivity (Wildman–Crippen MR) is 98.9 cm³/mol. The van der Waals surface area contributed by atoms with E-state index in [1.807, 2.05) is 18.2 Å². The zero-order chi connectivity index (χ0) is 18.6. The van der Waals surface area contributed by atoms with Gasteiger partial charge in [0, 0.05) is 17.8 Å². The third-order valence-corrected chi connectivity index (χ3v) is 4.18. The summed E-state index contributed by atoms with van der Waals surface area (Å²) in [6, 6.07) is 12.6. The number of hydrogen-bond acceptors (Lipinski definition) is 5. The van der Waals surface area contributed by atoms with Crippen LogP contribution in [0.3, 0.4) is 0 Å². The topological polar surface area (TPSA) is 98.1 Å². The van der Waals surface area contributed by atoms with Crippen molar-refractivity contribution < 1.29 is 14.3 Å². The lowest BCUT2D eigenvalue weighted by atomic mass is 10.0. The van der Waals surface area contributed by atoms with E-state index in [0.717, 1.165) is 16.9 Å². The quantitative estimate of drug-likeness (QED) is 0.724. The molecule has 0 saturated carbocycles. The number of carbonyl (C=O) groups is 2. The smallest absolute Gasteiger partial charge is 0.262 e. The maximum absolute atomic E-state index is 12.1. The highest BCUT2D eigenvalue weighted by Crippen LogP contribution is 2.26. The van der Waals surface area contributed by atoms with Gasteiger partial charge in [0.2, 0.25) is 5.91 Å². The van der Waals surface area contributed by atoms with Gasteiger partial charge in [-0.1, -0.05) is 0 Å². The fourth-order valence-corrected chi connectivity index (χ4v) is 2.83. The van der Waals surface area contributed by atoms with Gasteiger partial charge < -0.3 is 15.4 Å². The number of aromatic nitrogens is 3. The van der Waals surface area contributed by atoms with E-state index in [1.165, 1.54) is 6.33 Å². The molecule has 1 aromatic heterocycles. The van der Waals surface area contributed by atoms with Gasteiger partial charge in [0.05, 0.1) is 5.69 Å². The molecule has 0 bridgehead atoms. The molecule has 1 aliphatic heterocycles. The maximum Gasteiger partial charge on any atom is 0.262 e. The van der Waals surface area contributed by atoms with Gasteiger partial charge in [-0.15, -0.1) is 0 Å². The Labute approximate surface area is 155 Å².